The van der Waals surface area contributed by atoms with Crippen molar-refractivity contribution in [2.45, 2.75) is 24.5 Å². The maximum Gasteiger partial charge on any atom is 0.242 e. The predicted octanol–water partition coefficient (Wildman–Crippen LogP) is 1.59. The van der Waals surface area contributed by atoms with Gasteiger partial charge in [0.2, 0.25) is 5.91 Å². The van der Waals surface area contributed by atoms with Gasteiger partial charge in [0, 0.05) is 5.69 Å². The molecule has 1 aliphatic rings. The summed E-state index contributed by atoms with van der Waals surface area (Å²) in [6.07, 6.45) is 1.89. The molecule has 2 rings (SSSR count). The van der Waals surface area contributed by atoms with Crippen molar-refractivity contribution in [3.63, 3.8) is 0 Å². The minimum atomic E-state index is -3.25. The molecule has 4 nitrogen and oxygen atoms in total. The minimum Gasteiger partial charge on any atom is -0.325 e. The summed E-state index contributed by atoms with van der Waals surface area (Å²) in [5, 5.41) is 1.77. The fraction of sp³-hybridized carbons (Fsp3) is 0.417. The van der Waals surface area contributed by atoms with Crippen LogP contribution in [0, 0.1) is 0 Å². The Kier molecular flexibility index (Phi) is 3.47. The zero-order valence-corrected chi connectivity index (χ0v) is 10.2. The van der Waals surface area contributed by atoms with Crippen LogP contribution in [0.4, 0.5) is 5.69 Å². The molecule has 1 aliphatic heterocycles. The average molecular weight is 253 g/mol. The molecule has 1 heterocycles. The van der Waals surface area contributed by atoms with Crippen LogP contribution in [-0.2, 0) is 14.6 Å². The predicted molar refractivity (Wildman–Crippen MR) is 66.5 cm³/mol. The summed E-state index contributed by atoms with van der Waals surface area (Å²) < 4.78 is 23.5. The number of amides is 1. The lowest BCUT2D eigenvalue weighted by Crippen LogP contribution is -2.39. The second-order valence-corrected chi connectivity index (χ2v) is 6.51. The van der Waals surface area contributed by atoms with Crippen molar-refractivity contribution in [3.05, 3.63) is 30.3 Å². The summed E-state index contributed by atoms with van der Waals surface area (Å²) in [6.45, 7) is 0. The van der Waals surface area contributed by atoms with Crippen LogP contribution in [-0.4, -0.2) is 25.3 Å². The molecular weight excluding hydrogens is 238 g/mol. The van der Waals surface area contributed by atoms with Gasteiger partial charge in [0.1, 0.15) is 5.25 Å². The highest BCUT2D eigenvalue weighted by Gasteiger charge is 2.34. The molecule has 1 amide bonds. The number of benzene rings is 1. The SMILES string of the molecule is O=C(Nc1ccccc1)C1CCCCS1(=O)=O. The van der Waals surface area contributed by atoms with E-state index >= 15 is 0 Å². The van der Waals surface area contributed by atoms with Crippen LogP contribution in [0.5, 0.6) is 0 Å². The van der Waals surface area contributed by atoms with Crippen molar-refractivity contribution >= 4 is 21.4 Å². The molecule has 0 saturated carbocycles. The molecule has 1 aromatic carbocycles. The third kappa shape index (κ3) is 2.85. The quantitative estimate of drug-likeness (QED) is 0.870. The second kappa shape index (κ2) is 4.87. The fourth-order valence-corrected chi connectivity index (χ4v) is 3.80. The maximum absolute atomic E-state index is 11.9. The highest BCUT2D eigenvalue weighted by atomic mass is 32.2. The molecule has 17 heavy (non-hydrogen) atoms. The summed E-state index contributed by atoms with van der Waals surface area (Å²) >= 11 is 0. The number of nitrogens with one attached hydrogen (secondary N) is 1. The van der Waals surface area contributed by atoms with Gasteiger partial charge >= 0.3 is 0 Å². The minimum absolute atomic E-state index is 0.125. The Balaban J connectivity index is 2.10. The molecular formula is C12H15NO3S. The van der Waals surface area contributed by atoms with E-state index in [9.17, 15) is 13.2 Å². The molecule has 5 heteroatoms. The largest absolute Gasteiger partial charge is 0.325 e. The van der Waals surface area contributed by atoms with E-state index in [0.29, 0.717) is 18.5 Å². The number of sulfone groups is 1. The van der Waals surface area contributed by atoms with Gasteiger partial charge in [0.25, 0.3) is 0 Å². The molecule has 1 N–H and O–H groups in total. The van der Waals surface area contributed by atoms with Crippen LogP contribution in [0.2, 0.25) is 0 Å². The van der Waals surface area contributed by atoms with Gasteiger partial charge in [-0.05, 0) is 25.0 Å². The number of hydrogen-bond donors (Lipinski definition) is 1. The number of carbonyl (C=O) groups excluding carboxylic acids is 1. The average Bonchev–Trinajstić information content (AvgIpc) is 2.29. The Labute approximate surface area is 101 Å². The van der Waals surface area contributed by atoms with E-state index in [-0.39, 0.29) is 5.75 Å². The first-order valence-corrected chi connectivity index (χ1v) is 7.38. The van der Waals surface area contributed by atoms with Crippen LogP contribution in [0.15, 0.2) is 30.3 Å². The van der Waals surface area contributed by atoms with Crippen molar-refractivity contribution in [1.29, 1.82) is 0 Å². The third-order valence-electron chi connectivity index (χ3n) is 2.91. The van der Waals surface area contributed by atoms with Crippen LogP contribution < -0.4 is 5.32 Å². The van der Waals surface area contributed by atoms with Gasteiger partial charge in [-0.25, -0.2) is 8.42 Å². The topological polar surface area (TPSA) is 63.2 Å². The number of hydrogen-bond acceptors (Lipinski definition) is 3. The molecule has 0 aromatic heterocycles. The van der Waals surface area contributed by atoms with Gasteiger partial charge in [-0.1, -0.05) is 24.6 Å². The zero-order valence-electron chi connectivity index (χ0n) is 9.43. The van der Waals surface area contributed by atoms with Crippen molar-refractivity contribution in [2.75, 3.05) is 11.1 Å². The molecule has 1 unspecified atom stereocenters. The van der Waals surface area contributed by atoms with Gasteiger partial charge in [0.15, 0.2) is 9.84 Å². The lowest BCUT2D eigenvalue weighted by Gasteiger charge is -2.21. The number of para-hydroxylation sites is 1. The Hall–Kier alpha value is -1.36. The molecule has 1 atom stereocenters. The molecule has 0 radical (unpaired) electrons. The summed E-state index contributed by atoms with van der Waals surface area (Å²) in [5.74, 6) is -0.282. The van der Waals surface area contributed by atoms with E-state index in [4.69, 9.17) is 0 Å². The Morgan fingerprint density at radius 1 is 1.18 bits per heavy atom. The Bertz CT molecular complexity index is 496. The lowest BCUT2D eigenvalue weighted by molar-refractivity contribution is -0.116. The normalized spacial score (nSPS) is 22.9. The van der Waals surface area contributed by atoms with E-state index in [1.807, 2.05) is 6.07 Å². The van der Waals surface area contributed by atoms with E-state index in [0.717, 1.165) is 6.42 Å². The maximum atomic E-state index is 11.9. The fourth-order valence-electron chi connectivity index (χ4n) is 1.99. The number of rotatable bonds is 2. The Morgan fingerprint density at radius 2 is 1.88 bits per heavy atom. The van der Waals surface area contributed by atoms with Crippen molar-refractivity contribution in [1.82, 2.24) is 0 Å². The smallest absolute Gasteiger partial charge is 0.242 e. The van der Waals surface area contributed by atoms with E-state index in [1.165, 1.54) is 0 Å². The number of carbonyl (C=O) groups is 1. The first kappa shape index (κ1) is 12.1. The van der Waals surface area contributed by atoms with Crippen LogP contribution in [0.25, 0.3) is 0 Å². The molecule has 0 aliphatic carbocycles. The van der Waals surface area contributed by atoms with Gasteiger partial charge in [-0.2, -0.15) is 0 Å². The highest BCUT2D eigenvalue weighted by molar-refractivity contribution is 7.92. The van der Waals surface area contributed by atoms with E-state index in [1.54, 1.807) is 24.3 Å². The first-order valence-electron chi connectivity index (χ1n) is 5.67. The summed E-state index contributed by atoms with van der Waals surface area (Å²) in [6, 6.07) is 8.92. The highest BCUT2D eigenvalue weighted by Crippen LogP contribution is 2.21. The van der Waals surface area contributed by atoms with Gasteiger partial charge in [0.05, 0.1) is 5.75 Å². The zero-order chi connectivity index (χ0) is 12.3. The van der Waals surface area contributed by atoms with Crippen molar-refractivity contribution in [3.8, 4) is 0 Å². The molecule has 0 spiro atoms. The van der Waals surface area contributed by atoms with E-state index < -0.39 is 21.0 Å². The molecule has 1 saturated heterocycles. The van der Waals surface area contributed by atoms with Gasteiger partial charge in [-0.15, -0.1) is 0 Å². The van der Waals surface area contributed by atoms with Crippen LogP contribution in [0.3, 0.4) is 0 Å². The Morgan fingerprint density at radius 3 is 2.53 bits per heavy atom. The molecule has 0 bridgehead atoms. The summed E-state index contributed by atoms with van der Waals surface area (Å²) in [5.41, 5.74) is 0.637. The lowest BCUT2D eigenvalue weighted by atomic mass is 10.2. The summed E-state index contributed by atoms with van der Waals surface area (Å²) in [4.78, 5) is 11.9. The monoisotopic (exact) mass is 253 g/mol. The van der Waals surface area contributed by atoms with Crippen LogP contribution in [0.1, 0.15) is 19.3 Å². The van der Waals surface area contributed by atoms with Crippen molar-refractivity contribution < 1.29 is 13.2 Å². The van der Waals surface area contributed by atoms with Gasteiger partial charge < -0.3 is 5.32 Å². The third-order valence-corrected chi connectivity index (χ3v) is 5.09. The molecule has 92 valence electrons. The van der Waals surface area contributed by atoms with E-state index in [2.05, 4.69) is 5.32 Å². The molecule has 1 aromatic rings. The second-order valence-electron chi connectivity index (χ2n) is 4.21. The standard InChI is InChI=1S/C12H15NO3S/c14-12(13-10-6-2-1-3-7-10)11-8-4-5-9-17(11,15)16/h1-3,6-7,11H,4-5,8-9H2,(H,13,14). The van der Waals surface area contributed by atoms with Crippen molar-refractivity contribution in [2.24, 2.45) is 0 Å². The molecule has 1 fully saturated rings. The first-order chi connectivity index (χ1) is 8.09. The summed E-state index contributed by atoms with van der Waals surface area (Å²) in [7, 11) is -3.25. The number of anilines is 1. The van der Waals surface area contributed by atoms with Gasteiger partial charge in [-0.3, -0.25) is 4.79 Å². The van der Waals surface area contributed by atoms with Crippen LogP contribution >= 0.6 is 0 Å².